The fourth-order valence-corrected chi connectivity index (χ4v) is 5.00. The summed E-state index contributed by atoms with van der Waals surface area (Å²) in [7, 11) is 0. The Morgan fingerprint density at radius 3 is 2.40 bits per heavy atom. The van der Waals surface area contributed by atoms with Crippen LogP contribution in [0.25, 0.3) is 0 Å². The number of para-hydroxylation sites is 1. The molecule has 0 bridgehead atoms. The highest BCUT2D eigenvalue weighted by molar-refractivity contribution is 8.16. The number of hydrogen-bond donors (Lipinski definition) is 1. The molecule has 1 saturated carbocycles. The molecule has 1 fully saturated rings. The Balaban J connectivity index is 1.55. The monoisotopic (exact) mass is 459 g/mol. The zero-order chi connectivity index (χ0) is 21.0. The summed E-state index contributed by atoms with van der Waals surface area (Å²) in [6.45, 7) is 0. The van der Waals surface area contributed by atoms with Crippen LogP contribution in [0.15, 0.2) is 58.5 Å². The van der Waals surface area contributed by atoms with Crippen molar-refractivity contribution < 1.29 is 4.79 Å². The van der Waals surface area contributed by atoms with Crippen LogP contribution in [0.4, 0.5) is 5.69 Å². The zero-order valence-corrected chi connectivity index (χ0v) is 18.9. The number of nitrogens with zero attached hydrogens (tertiary/aromatic N) is 2. The zero-order valence-electron chi connectivity index (χ0n) is 16.5. The standard InChI is InChI=1S/C23H23Cl2N3OS/c24-18-11-10-16(14-19(18)25)21-22(28-23(27-21)12-6-1-2-7-13-23)30-15-20(29)26-17-8-4-3-5-9-17/h3-5,8-11,14H,1-2,6-7,12-13,15H2,(H,26,29). The quantitative estimate of drug-likeness (QED) is 0.558. The summed E-state index contributed by atoms with van der Waals surface area (Å²) in [4.78, 5) is 22.6. The molecule has 7 heteroatoms. The average Bonchev–Trinajstić information content (AvgIpc) is 2.94. The van der Waals surface area contributed by atoms with Gasteiger partial charge in [-0.2, -0.15) is 0 Å². The lowest BCUT2D eigenvalue weighted by atomic mass is 10.0. The Morgan fingerprint density at radius 1 is 0.967 bits per heavy atom. The van der Waals surface area contributed by atoms with Crippen molar-refractivity contribution in [1.82, 2.24) is 0 Å². The Morgan fingerprint density at radius 2 is 1.70 bits per heavy atom. The number of carbonyl (C=O) groups excluding carboxylic acids is 1. The largest absolute Gasteiger partial charge is 0.325 e. The van der Waals surface area contributed by atoms with Crippen LogP contribution < -0.4 is 5.32 Å². The van der Waals surface area contributed by atoms with Crippen molar-refractivity contribution in [3.05, 3.63) is 64.1 Å². The van der Waals surface area contributed by atoms with E-state index in [9.17, 15) is 4.79 Å². The highest BCUT2D eigenvalue weighted by Crippen LogP contribution is 2.38. The second kappa shape index (κ2) is 9.54. The molecule has 1 aliphatic heterocycles. The molecule has 2 aromatic rings. The number of anilines is 1. The van der Waals surface area contributed by atoms with Crippen LogP contribution in [-0.2, 0) is 4.79 Å². The Bertz CT molecular complexity index is 983. The number of halogens is 2. The number of hydrogen-bond acceptors (Lipinski definition) is 4. The van der Waals surface area contributed by atoms with Crippen LogP contribution in [0, 0.1) is 0 Å². The first-order valence-electron chi connectivity index (χ1n) is 10.2. The van der Waals surface area contributed by atoms with Gasteiger partial charge in [0.15, 0.2) is 5.66 Å². The van der Waals surface area contributed by atoms with Gasteiger partial charge in [0.05, 0.1) is 21.5 Å². The van der Waals surface area contributed by atoms with Crippen LogP contribution >= 0.6 is 35.0 Å². The van der Waals surface area contributed by atoms with Crippen molar-refractivity contribution in [1.29, 1.82) is 0 Å². The Labute approximate surface area is 191 Å². The summed E-state index contributed by atoms with van der Waals surface area (Å²) in [5.74, 6) is 0.202. The highest BCUT2D eigenvalue weighted by Gasteiger charge is 2.37. The van der Waals surface area contributed by atoms with Gasteiger partial charge in [-0.15, -0.1) is 0 Å². The van der Waals surface area contributed by atoms with Crippen LogP contribution in [0.3, 0.4) is 0 Å². The van der Waals surface area contributed by atoms with E-state index in [0.717, 1.165) is 47.7 Å². The molecule has 156 valence electrons. The SMILES string of the molecule is O=C(CSC1=NC2(CCCCCC2)N=C1c1ccc(Cl)c(Cl)c1)Nc1ccccc1. The minimum atomic E-state index is -0.407. The maximum atomic E-state index is 12.5. The highest BCUT2D eigenvalue weighted by atomic mass is 35.5. The van der Waals surface area contributed by atoms with Crippen molar-refractivity contribution in [2.24, 2.45) is 9.98 Å². The molecular weight excluding hydrogens is 437 g/mol. The maximum absolute atomic E-state index is 12.5. The van der Waals surface area contributed by atoms with E-state index in [1.54, 1.807) is 6.07 Å². The normalized spacial score (nSPS) is 17.9. The van der Waals surface area contributed by atoms with E-state index in [2.05, 4.69) is 5.32 Å². The smallest absolute Gasteiger partial charge is 0.234 e. The summed E-state index contributed by atoms with van der Waals surface area (Å²) < 4.78 is 0. The van der Waals surface area contributed by atoms with Gasteiger partial charge in [-0.3, -0.25) is 9.79 Å². The second-order valence-electron chi connectivity index (χ2n) is 7.61. The molecule has 1 amide bonds. The molecule has 0 aromatic heterocycles. The number of thioether (sulfide) groups is 1. The van der Waals surface area contributed by atoms with Gasteiger partial charge in [0.1, 0.15) is 5.04 Å². The van der Waals surface area contributed by atoms with Gasteiger partial charge in [0.25, 0.3) is 0 Å². The molecule has 4 nitrogen and oxygen atoms in total. The van der Waals surface area contributed by atoms with Gasteiger partial charge in [0, 0.05) is 11.3 Å². The molecule has 4 rings (SSSR count). The molecule has 1 N–H and O–H groups in total. The average molecular weight is 460 g/mol. The van der Waals surface area contributed by atoms with Crippen LogP contribution in [0.2, 0.25) is 10.0 Å². The number of aliphatic imine (C=N–C) groups is 2. The van der Waals surface area contributed by atoms with E-state index in [0.29, 0.717) is 10.0 Å². The fraction of sp³-hybridized carbons (Fsp3) is 0.348. The lowest BCUT2D eigenvalue weighted by Gasteiger charge is -2.20. The van der Waals surface area contributed by atoms with Gasteiger partial charge >= 0.3 is 0 Å². The van der Waals surface area contributed by atoms with E-state index in [4.69, 9.17) is 33.2 Å². The predicted octanol–water partition coefficient (Wildman–Crippen LogP) is 6.62. The lowest BCUT2D eigenvalue weighted by Crippen LogP contribution is -2.20. The Hall–Kier alpha value is -1.82. The van der Waals surface area contributed by atoms with Gasteiger partial charge in [-0.05, 0) is 49.9 Å². The van der Waals surface area contributed by atoms with Crippen molar-refractivity contribution in [3.8, 4) is 0 Å². The molecule has 0 saturated heterocycles. The Kier molecular flexibility index (Phi) is 6.81. The first-order chi connectivity index (χ1) is 14.5. The third kappa shape index (κ3) is 5.08. The first kappa shape index (κ1) is 21.4. The fourth-order valence-electron chi connectivity index (χ4n) is 3.83. The summed E-state index contributed by atoms with van der Waals surface area (Å²) in [5, 5.41) is 4.73. The molecule has 0 atom stereocenters. The third-order valence-electron chi connectivity index (χ3n) is 5.33. The predicted molar refractivity (Wildman–Crippen MR) is 128 cm³/mol. The van der Waals surface area contributed by atoms with Gasteiger partial charge in [-0.25, -0.2) is 4.99 Å². The summed E-state index contributed by atoms with van der Waals surface area (Å²) in [5.41, 5.74) is 2.08. The van der Waals surface area contributed by atoms with Crippen molar-refractivity contribution in [2.75, 3.05) is 11.1 Å². The van der Waals surface area contributed by atoms with Crippen LogP contribution in [-0.4, -0.2) is 28.1 Å². The molecule has 1 aliphatic carbocycles. The minimum Gasteiger partial charge on any atom is -0.325 e. The molecule has 0 unspecified atom stereocenters. The van der Waals surface area contributed by atoms with Crippen molar-refractivity contribution in [2.45, 2.75) is 44.2 Å². The van der Waals surface area contributed by atoms with Crippen LogP contribution in [0.5, 0.6) is 0 Å². The molecular formula is C23H23Cl2N3OS. The molecule has 1 spiro atoms. The molecule has 1 heterocycles. The summed E-state index contributed by atoms with van der Waals surface area (Å²) in [6.07, 6.45) is 6.56. The topological polar surface area (TPSA) is 53.8 Å². The number of amides is 1. The van der Waals surface area contributed by atoms with Crippen molar-refractivity contribution in [3.63, 3.8) is 0 Å². The third-order valence-corrected chi connectivity index (χ3v) is 7.03. The van der Waals surface area contributed by atoms with Crippen LogP contribution in [0.1, 0.15) is 44.1 Å². The number of rotatable bonds is 4. The van der Waals surface area contributed by atoms with E-state index in [1.165, 1.54) is 24.6 Å². The first-order valence-corrected chi connectivity index (χ1v) is 11.9. The molecule has 2 aromatic carbocycles. The van der Waals surface area contributed by atoms with E-state index in [-0.39, 0.29) is 11.7 Å². The lowest BCUT2D eigenvalue weighted by molar-refractivity contribution is -0.113. The summed E-state index contributed by atoms with van der Waals surface area (Å²) >= 11 is 13.8. The maximum Gasteiger partial charge on any atom is 0.234 e. The van der Waals surface area contributed by atoms with E-state index < -0.39 is 5.66 Å². The number of nitrogens with one attached hydrogen (secondary N) is 1. The molecule has 30 heavy (non-hydrogen) atoms. The summed E-state index contributed by atoms with van der Waals surface area (Å²) in [6, 6.07) is 15.0. The van der Waals surface area contributed by atoms with Crippen molar-refractivity contribution >= 4 is 57.3 Å². The molecule has 0 radical (unpaired) electrons. The van der Waals surface area contributed by atoms with E-state index in [1.807, 2.05) is 42.5 Å². The second-order valence-corrected chi connectivity index (χ2v) is 9.38. The van der Waals surface area contributed by atoms with Gasteiger partial charge in [-0.1, -0.05) is 72.1 Å². The number of benzene rings is 2. The minimum absolute atomic E-state index is 0.0656. The van der Waals surface area contributed by atoms with Gasteiger partial charge < -0.3 is 5.32 Å². The number of carbonyl (C=O) groups is 1. The van der Waals surface area contributed by atoms with E-state index >= 15 is 0 Å². The molecule has 2 aliphatic rings. The van der Waals surface area contributed by atoms with Gasteiger partial charge in [0.2, 0.25) is 5.91 Å².